The first kappa shape index (κ1) is 21.3. The van der Waals surface area contributed by atoms with Gasteiger partial charge in [-0.25, -0.2) is 9.18 Å². The number of amides is 3. The van der Waals surface area contributed by atoms with Gasteiger partial charge in [-0.3, -0.25) is 9.69 Å². The zero-order valence-electron chi connectivity index (χ0n) is 17.8. The number of carbonyl (C=O) groups excluding carboxylic acids is 2. The molecule has 33 heavy (non-hydrogen) atoms. The van der Waals surface area contributed by atoms with Crippen LogP contribution in [0.3, 0.4) is 0 Å². The van der Waals surface area contributed by atoms with Gasteiger partial charge >= 0.3 is 6.03 Å². The van der Waals surface area contributed by atoms with Crippen LogP contribution in [0.15, 0.2) is 70.1 Å². The van der Waals surface area contributed by atoms with Crippen LogP contribution < -0.4 is 10.2 Å². The van der Waals surface area contributed by atoms with Gasteiger partial charge in [-0.2, -0.15) is 0 Å². The molecule has 6 nitrogen and oxygen atoms in total. The van der Waals surface area contributed by atoms with Crippen molar-refractivity contribution in [2.24, 2.45) is 5.92 Å². The Bertz CT molecular complexity index is 1330. The van der Waals surface area contributed by atoms with Crippen LogP contribution >= 0.6 is 11.6 Å². The summed E-state index contributed by atoms with van der Waals surface area (Å²) in [5.41, 5.74) is 2.52. The Morgan fingerprint density at radius 2 is 2.09 bits per heavy atom. The van der Waals surface area contributed by atoms with Gasteiger partial charge in [0.05, 0.1) is 12.2 Å². The number of halogens is 2. The normalized spacial score (nSPS) is 17.5. The number of allylic oxidation sites excluding steroid dienone is 2. The molecule has 5 rings (SSSR count). The third kappa shape index (κ3) is 4.12. The van der Waals surface area contributed by atoms with E-state index in [9.17, 15) is 14.0 Å². The average Bonchev–Trinajstić information content (AvgIpc) is 3.39. The number of hydrogen-bond acceptors (Lipinski definition) is 3. The molecular weight excluding hydrogens is 445 g/mol. The second-order valence-corrected chi connectivity index (χ2v) is 8.65. The molecule has 0 saturated carbocycles. The van der Waals surface area contributed by atoms with Gasteiger partial charge in [0, 0.05) is 48.1 Å². The summed E-state index contributed by atoms with van der Waals surface area (Å²) >= 11 is 6.28. The lowest BCUT2D eigenvalue weighted by molar-refractivity contribution is 0.0948. The first-order valence-corrected chi connectivity index (χ1v) is 10.9. The van der Waals surface area contributed by atoms with E-state index in [1.807, 2.05) is 24.3 Å². The van der Waals surface area contributed by atoms with E-state index >= 15 is 0 Å². The third-order valence-electron chi connectivity index (χ3n) is 5.89. The van der Waals surface area contributed by atoms with Crippen molar-refractivity contribution in [3.05, 3.63) is 88.4 Å². The fourth-order valence-electron chi connectivity index (χ4n) is 4.16. The van der Waals surface area contributed by atoms with Gasteiger partial charge in [0.1, 0.15) is 17.2 Å². The van der Waals surface area contributed by atoms with Crippen LogP contribution in [0.25, 0.3) is 11.0 Å². The SMILES string of the molecule is CN1Cc2ccc(C(=O)NCc3cc4ccc(F)cc4o3)cc2N(CC2C=CC=C2Cl)C1=O. The minimum Gasteiger partial charge on any atom is -0.459 e. The number of nitrogens with zero attached hydrogens (tertiary/aromatic N) is 2. The van der Waals surface area contributed by atoms with Gasteiger partial charge in [0.2, 0.25) is 0 Å². The quantitative estimate of drug-likeness (QED) is 0.564. The van der Waals surface area contributed by atoms with Gasteiger partial charge in [0.15, 0.2) is 0 Å². The molecule has 1 unspecified atom stereocenters. The summed E-state index contributed by atoms with van der Waals surface area (Å²) < 4.78 is 19.0. The Morgan fingerprint density at radius 1 is 1.24 bits per heavy atom. The van der Waals surface area contributed by atoms with Gasteiger partial charge in [0.25, 0.3) is 5.91 Å². The van der Waals surface area contributed by atoms with Gasteiger partial charge in [-0.15, -0.1) is 0 Å². The lowest BCUT2D eigenvalue weighted by Gasteiger charge is -2.36. The van der Waals surface area contributed by atoms with Crippen LogP contribution in [0.1, 0.15) is 21.7 Å². The Morgan fingerprint density at radius 3 is 2.88 bits per heavy atom. The van der Waals surface area contributed by atoms with Crippen LogP contribution in [-0.4, -0.2) is 30.4 Å². The highest BCUT2D eigenvalue weighted by molar-refractivity contribution is 6.30. The summed E-state index contributed by atoms with van der Waals surface area (Å²) in [6.07, 6.45) is 5.66. The molecule has 168 valence electrons. The van der Waals surface area contributed by atoms with E-state index in [0.717, 1.165) is 10.9 Å². The van der Waals surface area contributed by atoms with Crippen molar-refractivity contribution < 1.29 is 18.4 Å². The Kier molecular flexibility index (Phi) is 5.42. The smallest absolute Gasteiger partial charge is 0.324 e. The summed E-state index contributed by atoms with van der Waals surface area (Å²) in [5, 5.41) is 4.27. The van der Waals surface area contributed by atoms with Gasteiger partial charge < -0.3 is 14.6 Å². The fourth-order valence-corrected chi connectivity index (χ4v) is 4.37. The fraction of sp³-hybridized carbons (Fsp3) is 0.200. The standard InChI is InChI=1S/C25H21ClFN3O3/c1-29-13-18-6-5-16(10-22(18)30(25(29)32)14-17-3-2-4-21(17)26)24(31)28-12-20-9-15-7-8-19(27)11-23(15)33-20/h2-11,17H,12-14H2,1H3,(H,28,31). The van der Waals surface area contributed by atoms with Crippen molar-refractivity contribution in [1.29, 1.82) is 0 Å². The zero-order valence-corrected chi connectivity index (χ0v) is 18.6. The summed E-state index contributed by atoms with van der Waals surface area (Å²) in [7, 11) is 1.75. The number of urea groups is 1. The highest BCUT2D eigenvalue weighted by Crippen LogP contribution is 2.33. The first-order chi connectivity index (χ1) is 15.9. The van der Waals surface area contributed by atoms with Crippen molar-refractivity contribution in [2.75, 3.05) is 18.5 Å². The molecule has 1 N–H and O–H groups in total. The summed E-state index contributed by atoms with van der Waals surface area (Å²) in [5.74, 6) is -0.231. The average molecular weight is 466 g/mol. The van der Waals surface area contributed by atoms with Crippen LogP contribution in [-0.2, 0) is 13.1 Å². The van der Waals surface area contributed by atoms with E-state index < -0.39 is 0 Å². The van der Waals surface area contributed by atoms with E-state index in [1.54, 1.807) is 41.1 Å². The Labute approximate surface area is 194 Å². The summed E-state index contributed by atoms with van der Waals surface area (Å²) in [6, 6.07) is 11.3. The Balaban J connectivity index is 1.35. The molecule has 2 aliphatic rings. The molecule has 2 heterocycles. The molecule has 1 aliphatic heterocycles. The molecule has 3 amide bonds. The molecular formula is C25H21ClFN3O3. The van der Waals surface area contributed by atoms with Crippen molar-refractivity contribution in [3.8, 4) is 0 Å². The molecule has 0 radical (unpaired) electrons. The van der Waals surface area contributed by atoms with E-state index in [-0.39, 0.29) is 30.2 Å². The van der Waals surface area contributed by atoms with E-state index in [0.29, 0.717) is 40.7 Å². The number of hydrogen-bond donors (Lipinski definition) is 1. The number of carbonyl (C=O) groups is 2. The molecule has 1 aliphatic carbocycles. The second kappa shape index (κ2) is 8.41. The van der Waals surface area contributed by atoms with Crippen molar-refractivity contribution in [3.63, 3.8) is 0 Å². The highest BCUT2D eigenvalue weighted by atomic mass is 35.5. The lowest BCUT2D eigenvalue weighted by atomic mass is 10.0. The number of anilines is 1. The molecule has 3 aromatic rings. The molecule has 1 aromatic heterocycles. The van der Waals surface area contributed by atoms with Crippen molar-refractivity contribution in [2.45, 2.75) is 13.1 Å². The summed E-state index contributed by atoms with van der Waals surface area (Å²) in [4.78, 5) is 29.1. The first-order valence-electron chi connectivity index (χ1n) is 10.5. The predicted molar refractivity (Wildman–Crippen MR) is 125 cm³/mol. The number of rotatable bonds is 5. The number of benzene rings is 2. The monoisotopic (exact) mass is 465 g/mol. The number of fused-ring (bicyclic) bond motifs is 2. The van der Waals surface area contributed by atoms with Gasteiger partial charge in [-0.1, -0.05) is 29.8 Å². The van der Waals surface area contributed by atoms with Crippen LogP contribution in [0.4, 0.5) is 14.9 Å². The van der Waals surface area contributed by atoms with E-state index in [1.165, 1.54) is 12.1 Å². The Hall–Kier alpha value is -3.58. The van der Waals surface area contributed by atoms with E-state index in [2.05, 4.69) is 5.32 Å². The maximum absolute atomic E-state index is 13.4. The van der Waals surface area contributed by atoms with Crippen LogP contribution in [0.2, 0.25) is 0 Å². The van der Waals surface area contributed by atoms with Crippen LogP contribution in [0.5, 0.6) is 0 Å². The van der Waals surface area contributed by atoms with Crippen molar-refractivity contribution in [1.82, 2.24) is 10.2 Å². The predicted octanol–water partition coefficient (Wildman–Crippen LogP) is 5.18. The maximum atomic E-state index is 13.4. The third-order valence-corrected chi connectivity index (χ3v) is 6.30. The van der Waals surface area contributed by atoms with Crippen LogP contribution in [0, 0.1) is 11.7 Å². The lowest BCUT2D eigenvalue weighted by Crippen LogP contribution is -2.47. The largest absolute Gasteiger partial charge is 0.459 e. The molecule has 2 aromatic carbocycles. The van der Waals surface area contributed by atoms with Crippen molar-refractivity contribution >= 4 is 40.2 Å². The molecule has 0 saturated heterocycles. The van der Waals surface area contributed by atoms with E-state index in [4.69, 9.17) is 16.0 Å². The molecule has 0 bridgehead atoms. The minimum absolute atomic E-state index is 0.0784. The topological polar surface area (TPSA) is 65.8 Å². The number of nitrogens with one attached hydrogen (secondary N) is 1. The molecule has 1 atom stereocenters. The van der Waals surface area contributed by atoms with Gasteiger partial charge in [-0.05, 0) is 42.0 Å². The molecule has 0 spiro atoms. The minimum atomic E-state index is -0.379. The zero-order chi connectivity index (χ0) is 23.1. The summed E-state index contributed by atoms with van der Waals surface area (Å²) in [6.45, 7) is 1.01. The highest BCUT2D eigenvalue weighted by Gasteiger charge is 2.31. The second-order valence-electron chi connectivity index (χ2n) is 8.21. The molecule has 8 heteroatoms. The molecule has 0 fully saturated rings. The number of furan rings is 1. The maximum Gasteiger partial charge on any atom is 0.324 e.